The molecule has 0 aliphatic carbocycles. The summed E-state index contributed by atoms with van der Waals surface area (Å²) < 4.78 is 6.02. The van der Waals surface area contributed by atoms with Crippen LogP contribution in [0.3, 0.4) is 0 Å². The largest absolute Gasteiger partial charge is 0.488 e. The Balaban J connectivity index is 2.07. The number of nitrogens with two attached hydrogens (primary N) is 1. The van der Waals surface area contributed by atoms with Crippen molar-refractivity contribution in [3.8, 4) is 11.8 Å². The zero-order valence-corrected chi connectivity index (χ0v) is 14.3. The van der Waals surface area contributed by atoms with Gasteiger partial charge in [0.15, 0.2) is 0 Å². The van der Waals surface area contributed by atoms with Gasteiger partial charge in [-0.1, -0.05) is 72.9 Å². The first-order valence-electron chi connectivity index (χ1n) is 7.79. The van der Waals surface area contributed by atoms with Crippen LogP contribution < -0.4 is 10.5 Å². The van der Waals surface area contributed by atoms with Gasteiger partial charge in [0.05, 0.1) is 5.57 Å². The third-order valence-corrected chi connectivity index (χ3v) is 4.06. The molecule has 0 aromatic heterocycles. The second kappa shape index (κ2) is 7.61. The maximum Gasteiger partial charge on any atom is 0.127 e. The fourth-order valence-corrected chi connectivity index (χ4v) is 2.69. The van der Waals surface area contributed by atoms with Crippen LogP contribution in [-0.4, -0.2) is 4.99 Å². The highest BCUT2D eigenvalue weighted by Crippen LogP contribution is 2.31. The van der Waals surface area contributed by atoms with Crippen LogP contribution in [0, 0.1) is 11.3 Å². The van der Waals surface area contributed by atoms with Crippen molar-refractivity contribution in [3.63, 3.8) is 0 Å². The van der Waals surface area contributed by atoms with Crippen molar-refractivity contribution < 1.29 is 4.74 Å². The topological polar surface area (TPSA) is 59.0 Å². The molecule has 0 fully saturated rings. The molecule has 3 nitrogen and oxygen atoms in total. The molecule has 3 rings (SSSR count). The Labute approximate surface area is 152 Å². The molecule has 3 aromatic carbocycles. The Morgan fingerprint density at radius 3 is 2.48 bits per heavy atom. The monoisotopic (exact) mass is 344 g/mol. The predicted octanol–water partition coefficient (Wildman–Crippen LogP) is 4.61. The molecule has 2 N–H and O–H groups in total. The summed E-state index contributed by atoms with van der Waals surface area (Å²) in [5.74, 6) is 0.687. The van der Waals surface area contributed by atoms with Crippen LogP contribution in [0.25, 0.3) is 16.8 Å². The molecule has 0 bridgehead atoms. The Morgan fingerprint density at radius 1 is 1.04 bits per heavy atom. The first-order chi connectivity index (χ1) is 12.2. The van der Waals surface area contributed by atoms with Crippen LogP contribution in [-0.2, 0) is 6.61 Å². The van der Waals surface area contributed by atoms with Gasteiger partial charge in [-0.3, -0.25) is 0 Å². The van der Waals surface area contributed by atoms with Gasteiger partial charge in [0.2, 0.25) is 0 Å². The Bertz CT molecular complexity index is 988. The molecule has 0 saturated heterocycles. The molecule has 0 saturated carbocycles. The molecule has 0 atom stereocenters. The Morgan fingerprint density at radius 2 is 1.76 bits per heavy atom. The number of thiocarbonyl (C=S) groups is 1. The summed E-state index contributed by atoms with van der Waals surface area (Å²) in [5.41, 5.74) is 7.79. The van der Waals surface area contributed by atoms with Crippen LogP contribution in [0.15, 0.2) is 72.3 Å². The number of hydrogen-bond donors (Lipinski definition) is 1. The van der Waals surface area contributed by atoms with Crippen LogP contribution in [0.2, 0.25) is 0 Å². The van der Waals surface area contributed by atoms with Crippen LogP contribution in [0.1, 0.15) is 11.1 Å². The average molecular weight is 344 g/mol. The smallest absolute Gasteiger partial charge is 0.127 e. The summed E-state index contributed by atoms with van der Waals surface area (Å²) in [4.78, 5) is 0.0736. The molecule has 0 aliphatic rings. The van der Waals surface area contributed by atoms with E-state index in [2.05, 4.69) is 6.07 Å². The van der Waals surface area contributed by atoms with Gasteiger partial charge in [0.25, 0.3) is 0 Å². The number of hydrogen-bond acceptors (Lipinski definition) is 3. The molecule has 0 radical (unpaired) electrons. The standard InChI is InChI=1S/C21H16N2OS/c22-13-17(21(23)25)12-19-18-9-5-4-8-16(18)10-11-20(19)24-14-15-6-2-1-3-7-15/h1-12H,14H2,(H2,23,25). The van der Waals surface area contributed by atoms with E-state index in [4.69, 9.17) is 22.7 Å². The number of nitrogens with zero attached hydrogens (tertiary/aromatic N) is 1. The lowest BCUT2D eigenvalue weighted by Crippen LogP contribution is -2.10. The lowest BCUT2D eigenvalue weighted by atomic mass is 10.0. The molecule has 0 heterocycles. The van der Waals surface area contributed by atoms with Gasteiger partial charge in [-0.2, -0.15) is 5.26 Å². The van der Waals surface area contributed by atoms with Crippen molar-refractivity contribution in [2.75, 3.05) is 0 Å². The van der Waals surface area contributed by atoms with E-state index >= 15 is 0 Å². The lowest BCUT2D eigenvalue weighted by molar-refractivity contribution is 0.306. The van der Waals surface area contributed by atoms with Gasteiger partial charge < -0.3 is 10.5 Å². The third kappa shape index (κ3) is 3.85. The molecule has 4 heteroatoms. The third-order valence-electron chi connectivity index (χ3n) is 3.84. The fourth-order valence-electron chi connectivity index (χ4n) is 2.59. The zero-order chi connectivity index (χ0) is 17.6. The predicted molar refractivity (Wildman–Crippen MR) is 105 cm³/mol. The first kappa shape index (κ1) is 16.7. The van der Waals surface area contributed by atoms with Crippen molar-refractivity contribution in [1.29, 1.82) is 5.26 Å². The highest BCUT2D eigenvalue weighted by atomic mass is 32.1. The van der Waals surface area contributed by atoms with Crippen molar-refractivity contribution in [1.82, 2.24) is 0 Å². The molecule has 0 unspecified atom stereocenters. The minimum atomic E-state index is 0.0736. The van der Waals surface area contributed by atoms with Crippen molar-refractivity contribution in [3.05, 3.63) is 83.4 Å². The Hall–Kier alpha value is -3.16. The second-order valence-corrected chi connectivity index (χ2v) is 5.95. The molecule has 0 aliphatic heterocycles. The van der Waals surface area contributed by atoms with Crippen molar-refractivity contribution in [2.24, 2.45) is 5.73 Å². The molecule has 0 amide bonds. The number of benzene rings is 3. The maximum absolute atomic E-state index is 9.30. The minimum Gasteiger partial charge on any atom is -0.488 e. The lowest BCUT2D eigenvalue weighted by Gasteiger charge is -2.12. The summed E-state index contributed by atoms with van der Waals surface area (Å²) >= 11 is 4.97. The van der Waals surface area contributed by atoms with Gasteiger partial charge in [0, 0.05) is 5.56 Å². The first-order valence-corrected chi connectivity index (χ1v) is 8.20. The van der Waals surface area contributed by atoms with Crippen LogP contribution >= 0.6 is 12.2 Å². The van der Waals surface area contributed by atoms with Crippen molar-refractivity contribution >= 4 is 34.1 Å². The maximum atomic E-state index is 9.30. The second-order valence-electron chi connectivity index (χ2n) is 5.51. The number of rotatable bonds is 5. The van der Waals surface area contributed by atoms with Gasteiger partial charge in [-0.05, 0) is 28.5 Å². The highest BCUT2D eigenvalue weighted by Gasteiger charge is 2.10. The van der Waals surface area contributed by atoms with Gasteiger partial charge in [-0.25, -0.2) is 0 Å². The molecule has 0 spiro atoms. The molecule has 122 valence electrons. The summed E-state index contributed by atoms with van der Waals surface area (Å²) in [6.07, 6.45) is 1.70. The molecular formula is C21H16N2OS. The number of nitriles is 1. The fraction of sp³-hybridized carbons (Fsp3) is 0.0476. The van der Waals surface area contributed by atoms with Gasteiger partial charge >= 0.3 is 0 Å². The number of ether oxygens (including phenoxy) is 1. The van der Waals surface area contributed by atoms with Gasteiger partial charge in [-0.15, -0.1) is 0 Å². The van der Waals surface area contributed by atoms with E-state index in [1.165, 1.54) is 0 Å². The number of fused-ring (bicyclic) bond motifs is 1. The average Bonchev–Trinajstić information content (AvgIpc) is 2.65. The van der Waals surface area contributed by atoms with E-state index in [0.29, 0.717) is 12.4 Å². The summed E-state index contributed by atoms with van der Waals surface area (Å²) in [7, 11) is 0. The highest BCUT2D eigenvalue weighted by molar-refractivity contribution is 7.80. The molecular weight excluding hydrogens is 328 g/mol. The summed E-state index contributed by atoms with van der Waals surface area (Å²) in [6.45, 7) is 0.439. The van der Waals surface area contributed by atoms with Crippen LogP contribution in [0.4, 0.5) is 0 Å². The quantitative estimate of drug-likeness (QED) is 0.417. The van der Waals surface area contributed by atoms with Crippen LogP contribution in [0.5, 0.6) is 5.75 Å². The summed E-state index contributed by atoms with van der Waals surface area (Å²) in [6, 6.07) is 23.8. The normalized spacial score (nSPS) is 11.1. The van der Waals surface area contributed by atoms with E-state index in [-0.39, 0.29) is 10.6 Å². The van der Waals surface area contributed by atoms with E-state index in [1.807, 2.05) is 66.7 Å². The van der Waals surface area contributed by atoms with E-state index < -0.39 is 0 Å². The minimum absolute atomic E-state index is 0.0736. The summed E-state index contributed by atoms with van der Waals surface area (Å²) in [5, 5.41) is 11.3. The van der Waals surface area contributed by atoms with E-state index in [1.54, 1.807) is 6.08 Å². The van der Waals surface area contributed by atoms with E-state index in [0.717, 1.165) is 21.9 Å². The van der Waals surface area contributed by atoms with Gasteiger partial charge in [0.1, 0.15) is 23.4 Å². The van der Waals surface area contributed by atoms with Crippen molar-refractivity contribution in [2.45, 2.75) is 6.61 Å². The SMILES string of the molecule is N#CC(=Cc1c(OCc2ccccc2)ccc2ccccc12)C(N)=S. The zero-order valence-electron chi connectivity index (χ0n) is 13.5. The molecule has 25 heavy (non-hydrogen) atoms. The Kier molecular flexibility index (Phi) is 5.08. The molecule has 3 aromatic rings. The van der Waals surface area contributed by atoms with E-state index in [9.17, 15) is 5.26 Å².